The van der Waals surface area contributed by atoms with E-state index < -0.39 is 17.5 Å². The Kier molecular flexibility index (Phi) is 8.50. The van der Waals surface area contributed by atoms with Crippen molar-refractivity contribution in [2.24, 2.45) is 12.5 Å². The molecule has 0 spiro atoms. The molecule has 1 aromatic heterocycles. The minimum Gasteiger partial charge on any atom is -0.370 e. The summed E-state index contributed by atoms with van der Waals surface area (Å²) in [6.45, 7) is 3.51. The van der Waals surface area contributed by atoms with Crippen molar-refractivity contribution < 1.29 is 18.0 Å². The zero-order valence-corrected chi connectivity index (χ0v) is 25.2. The molecular weight excluding hydrogens is 584 g/mol. The Morgan fingerprint density at radius 3 is 2.36 bits per heavy atom. The number of carbonyl (C=O) groups is 1. The predicted molar refractivity (Wildman–Crippen MR) is 162 cm³/mol. The van der Waals surface area contributed by atoms with Crippen LogP contribution in [0.3, 0.4) is 0 Å². The molecule has 1 saturated heterocycles. The number of piperidine rings is 1. The SMILES string of the molecule is Cn1c(Cc2cc(CNC(=O)C(C)(C)C(F)(F)F)ccc2Cl)nc2cc(Cl)c(N3CCC(c4ccccc4)CC3)cc21. The summed E-state index contributed by atoms with van der Waals surface area (Å²) >= 11 is 13.3. The molecule has 222 valence electrons. The lowest BCUT2D eigenvalue weighted by molar-refractivity contribution is -0.211. The lowest BCUT2D eigenvalue weighted by Crippen LogP contribution is -2.46. The Morgan fingerprint density at radius 2 is 1.69 bits per heavy atom. The minimum absolute atomic E-state index is 0.0506. The van der Waals surface area contributed by atoms with Gasteiger partial charge in [-0.2, -0.15) is 13.2 Å². The molecule has 0 radical (unpaired) electrons. The van der Waals surface area contributed by atoms with Gasteiger partial charge in [0.25, 0.3) is 0 Å². The highest BCUT2D eigenvalue weighted by Crippen LogP contribution is 2.38. The number of aryl methyl sites for hydroxylation is 1. The molecule has 4 aromatic rings. The molecule has 1 N–H and O–H groups in total. The summed E-state index contributed by atoms with van der Waals surface area (Å²) in [4.78, 5) is 19.4. The molecule has 0 aliphatic carbocycles. The van der Waals surface area contributed by atoms with Crippen LogP contribution < -0.4 is 10.2 Å². The highest BCUT2D eigenvalue weighted by atomic mass is 35.5. The zero-order valence-electron chi connectivity index (χ0n) is 23.7. The average molecular weight is 618 g/mol. The minimum atomic E-state index is -4.65. The molecule has 2 heterocycles. The molecule has 1 fully saturated rings. The standard InChI is InChI=1S/C32H33Cl2F3N4O/c1-31(2,32(35,36)37)30(42)38-19-20-9-10-24(33)23(15-20)16-29-39-26-17-25(34)27(18-28(26)40(29)3)41-13-11-22(12-14-41)21-7-5-4-6-8-21/h4-10,15,17-18,22H,11-14,16,19H2,1-3H3,(H,38,42). The fourth-order valence-corrected chi connectivity index (χ4v) is 5.87. The van der Waals surface area contributed by atoms with Crippen molar-refractivity contribution in [2.75, 3.05) is 18.0 Å². The molecule has 5 nitrogen and oxygen atoms in total. The predicted octanol–water partition coefficient (Wildman–Crippen LogP) is 8.06. The molecule has 0 saturated carbocycles. The monoisotopic (exact) mass is 616 g/mol. The number of carbonyl (C=O) groups excluding carboxylic acids is 1. The number of alkyl halides is 3. The van der Waals surface area contributed by atoms with Crippen LogP contribution in [0.15, 0.2) is 60.7 Å². The average Bonchev–Trinajstić information content (AvgIpc) is 3.26. The van der Waals surface area contributed by atoms with Crippen molar-refractivity contribution in [1.82, 2.24) is 14.9 Å². The fraction of sp³-hybridized carbons (Fsp3) is 0.375. The van der Waals surface area contributed by atoms with Gasteiger partial charge in [-0.15, -0.1) is 0 Å². The summed E-state index contributed by atoms with van der Waals surface area (Å²) in [5.41, 5.74) is 2.99. The van der Waals surface area contributed by atoms with Crippen molar-refractivity contribution in [3.05, 3.63) is 93.2 Å². The zero-order chi connectivity index (χ0) is 30.2. The lowest BCUT2D eigenvalue weighted by atomic mass is 9.89. The van der Waals surface area contributed by atoms with E-state index in [-0.39, 0.29) is 6.54 Å². The largest absolute Gasteiger partial charge is 0.402 e. The molecule has 0 unspecified atom stereocenters. The van der Waals surface area contributed by atoms with Crippen LogP contribution in [0.2, 0.25) is 10.0 Å². The van der Waals surface area contributed by atoms with Crippen LogP contribution in [0.4, 0.5) is 18.9 Å². The van der Waals surface area contributed by atoms with E-state index in [1.54, 1.807) is 18.2 Å². The maximum atomic E-state index is 13.2. The molecule has 5 rings (SSSR count). The van der Waals surface area contributed by atoms with Gasteiger partial charge >= 0.3 is 6.18 Å². The van der Waals surface area contributed by atoms with E-state index in [4.69, 9.17) is 28.2 Å². The van der Waals surface area contributed by atoms with E-state index in [2.05, 4.69) is 40.5 Å². The van der Waals surface area contributed by atoms with Gasteiger partial charge in [0.2, 0.25) is 5.91 Å². The van der Waals surface area contributed by atoms with Crippen LogP contribution >= 0.6 is 23.2 Å². The second kappa shape index (κ2) is 11.8. The highest BCUT2D eigenvalue weighted by molar-refractivity contribution is 6.34. The summed E-state index contributed by atoms with van der Waals surface area (Å²) in [5.74, 6) is 0.222. The fourth-order valence-electron chi connectivity index (χ4n) is 5.41. The first-order valence-corrected chi connectivity index (χ1v) is 14.7. The van der Waals surface area contributed by atoms with E-state index in [9.17, 15) is 18.0 Å². The lowest BCUT2D eigenvalue weighted by Gasteiger charge is -2.34. The summed E-state index contributed by atoms with van der Waals surface area (Å²) in [6, 6.07) is 19.8. The van der Waals surface area contributed by atoms with Crippen molar-refractivity contribution in [1.29, 1.82) is 0 Å². The molecule has 0 bridgehead atoms. The van der Waals surface area contributed by atoms with Crippen molar-refractivity contribution >= 4 is 45.8 Å². The molecular formula is C32H33Cl2F3N4O. The van der Waals surface area contributed by atoms with Crippen LogP contribution in [0.25, 0.3) is 11.0 Å². The maximum absolute atomic E-state index is 13.2. The van der Waals surface area contributed by atoms with Crippen molar-refractivity contribution in [3.8, 4) is 0 Å². The molecule has 42 heavy (non-hydrogen) atoms. The third-order valence-corrected chi connectivity index (χ3v) is 9.01. The van der Waals surface area contributed by atoms with Gasteiger partial charge in [0.1, 0.15) is 11.2 Å². The summed E-state index contributed by atoms with van der Waals surface area (Å²) in [7, 11) is 1.95. The molecule has 1 aliphatic heterocycles. The molecule has 0 atom stereocenters. The van der Waals surface area contributed by atoms with Crippen LogP contribution in [-0.4, -0.2) is 34.7 Å². The molecule has 1 amide bonds. The number of amides is 1. The number of fused-ring (bicyclic) bond motifs is 1. The topological polar surface area (TPSA) is 50.2 Å². The van der Waals surface area contributed by atoms with Gasteiger partial charge in [0.15, 0.2) is 0 Å². The first kappa shape index (κ1) is 30.2. The molecule has 1 aliphatic rings. The number of hydrogen-bond donors (Lipinski definition) is 1. The normalized spacial score (nSPS) is 14.9. The van der Waals surface area contributed by atoms with E-state index >= 15 is 0 Å². The van der Waals surface area contributed by atoms with E-state index in [1.165, 1.54) is 5.56 Å². The van der Waals surface area contributed by atoms with E-state index in [0.717, 1.165) is 67.9 Å². The Hall–Kier alpha value is -3.23. The van der Waals surface area contributed by atoms with Gasteiger partial charge in [-0.05, 0) is 67.5 Å². The third-order valence-electron chi connectivity index (χ3n) is 8.34. The number of anilines is 1. The summed E-state index contributed by atoms with van der Waals surface area (Å²) < 4.78 is 41.7. The second-order valence-electron chi connectivity index (χ2n) is 11.5. The Balaban J connectivity index is 1.31. The van der Waals surface area contributed by atoms with Crippen molar-refractivity contribution in [2.45, 2.75) is 51.7 Å². The maximum Gasteiger partial charge on any atom is 0.402 e. The van der Waals surface area contributed by atoms with Gasteiger partial charge in [-0.25, -0.2) is 4.98 Å². The summed E-state index contributed by atoms with van der Waals surface area (Å²) in [6.07, 6.45) is -2.14. The molecule has 10 heteroatoms. The number of aromatic nitrogens is 2. The number of nitrogens with zero attached hydrogens (tertiary/aromatic N) is 3. The van der Waals surface area contributed by atoms with Crippen molar-refractivity contribution in [3.63, 3.8) is 0 Å². The van der Waals surface area contributed by atoms with E-state index in [0.29, 0.717) is 27.9 Å². The number of hydrogen-bond acceptors (Lipinski definition) is 3. The molecule has 3 aromatic carbocycles. The van der Waals surface area contributed by atoms with E-state index in [1.807, 2.05) is 23.7 Å². The van der Waals surface area contributed by atoms with Gasteiger partial charge in [-0.3, -0.25) is 4.79 Å². The Morgan fingerprint density at radius 1 is 1.00 bits per heavy atom. The quantitative estimate of drug-likeness (QED) is 0.228. The number of imidazole rings is 1. The van der Waals surface area contributed by atoms with Gasteiger partial charge in [-0.1, -0.05) is 65.7 Å². The van der Waals surface area contributed by atoms with Gasteiger partial charge in [0.05, 0.1) is 21.7 Å². The second-order valence-corrected chi connectivity index (χ2v) is 12.3. The van der Waals surface area contributed by atoms with Gasteiger partial charge in [0, 0.05) is 38.1 Å². The first-order valence-electron chi connectivity index (χ1n) is 13.9. The summed E-state index contributed by atoms with van der Waals surface area (Å²) in [5, 5.41) is 3.57. The van der Waals surface area contributed by atoms with Gasteiger partial charge < -0.3 is 14.8 Å². The smallest absolute Gasteiger partial charge is 0.370 e. The van der Waals surface area contributed by atoms with Crippen LogP contribution in [0, 0.1) is 5.41 Å². The van der Waals surface area contributed by atoms with Crippen LogP contribution in [-0.2, 0) is 24.8 Å². The Labute approximate surface area is 253 Å². The number of halogens is 5. The Bertz CT molecular complexity index is 1590. The first-order chi connectivity index (χ1) is 19.8. The third kappa shape index (κ3) is 6.11. The number of benzene rings is 3. The number of nitrogens with one attached hydrogen (secondary N) is 1. The highest BCUT2D eigenvalue weighted by Gasteiger charge is 2.52. The number of rotatable bonds is 7. The van der Waals surface area contributed by atoms with Crippen LogP contribution in [0.1, 0.15) is 55.1 Å². The van der Waals surface area contributed by atoms with Crippen LogP contribution in [0.5, 0.6) is 0 Å².